The third-order valence-electron chi connectivity index (χ3n) is 2.53. The van der Waals surface area contributed by atoms with Crippen molar-refractivity contribution < 1.29 is 13.6 Å². The SMILES string of the molecule is CCOP(=O)(OCC)C(C)/C=C/c1cccc(Cl)c1. The molecule has 0 fully saturated rings. The molecule has 19 heavy (non-hydrogen) atoms. The topological polar surface area (TPSA) is 35.5 Å². The van der Waals surface area contributed by atoms with Crippen LogP contribution in [-0.2, 0) is 13.6 Å². The van der Waals surface area contributed by atoms with Crippen LogP contribution in [0.2, 0.25) is 5.02 Å². The van der Waals surface area contributed by atoms with Gasteiger partial charge in [0.1, 0.15) is 0 Å². The first kappa shape index (κ1) is 16.5. The molecule has 0 saturated heterocycles. The van der Waals surface area contributed by atoms with Gasteiger partial charge in [0.15, 0.2) is 0 Å². The van der Waals surface area contributed by atoms with Gasteiger partial charge in [0, 0.05) is 5.02 Å². The van der Waals surface area contributed by atoms with Gasteiger partial charge in [-0.3, -0.25) is 4.57 Å². The van der Waals surface area contributed by atoms with Crippen molar-refractivity contribution >= 4 is 25.3 Å². The minimum absolute atomic E-state index is 0.300. The third-order valence-corrected chi connectivity index (χ3v) is 5.17. The zero-order chi connectivity index (χ0) is 14.3. The normalized spacial score (nSPS) is 13.9. The summed E-state index contributed by atoms with van der Waals surface area (Å²) in [6, 6.07) is 7.46. The number of hydrogen-bond acceptors (Lipinski definition) is 3. The molecule has 1 aromatic carbocycles. The van der Waals surface area contributed by atoms with Crippen LogP contribution in [0, 0.1) is 0 Å². The lowest BCUT2D eigenvalue weighted by Gasteiger charge is -2.20. The van der Waals surface area contributed by atoms with E-state index in [0.717, 1.165) is 5.56 Å². The van der Waals surface area contributed by atoms with Crippen molar-refractivity contribution in [3.8, 4) is 0 Å². The molecule has 0 bridgehead atoms. The highest BCUT2D eigenvalue weighted by Gasteiger charge is 2.29. The van der Waals surface area contributed by atoms with Crippen LogP contribution in [0.1, 0.15) is 26.3 Å². The van der Waals surface area contributed by atoms with Gasteiger partial charge in [-0.1, -0.05) is 35.9 Å². The van der Waals surface area contributed by atoms with Crippen molar-refractivity contribution in [3.63, 3.8) is 0 Å². The number of allylic oxidation sites excluding steroid dienone is 1. The molecule has 0 aromatic heterocycles. The maximum Gasteiger partial charge on any atom is 0.337 e. The fourth-order valence-corrected chi connectivity index (χ4v) is 3.36. The molecule has 0 heterocycles. The van der Waals surface area contributed by atoms with Gasteiger partial charge < -0.3 is 9.05 Å². The van der Waals surface area contributed by atoms with E-state index in [2.05, 4.69) is 0 Å². The van der Waals surface area contributed by atoms with Crippen molar-refractivity contribution in [2.75, 3.05) is 13.2 Å². The summed E-state index contributed by atoms with van der Waals surface area (Å²) in [5.41, 5.74) is 0.658. The lowest BCUT2D eigenvalue weighted by atomic mass is 10.2. The van der Waals surface area contributed by atoms with E-state index in [9.17, 15) is 4.57 Å². The van der Waals surface area contributed by atoms with Crippen LogP contribution in [0.5, 0.6) is 0 Å². The van der Waals surface area contributed by atoms with E-state index in [1.54, 1.807) is 13.8 Å². The monoisotopic (exact) mass is 302 g/mol. The second-order valence-electron chi connectivity index (χ2n) is 4.03. The molecule has 3 nitrogen and oxygen atoms in total. The molecule has 0 saturated carbocycles. The van der Waals surface area contributed by atoms with Gasteiger partial charge in [0.2, 0.25) is 0 Å². The Morgan fingerprint density at radius 1 is 1.32 bits per heavy atom. The first-order chi connectivity index (χ1) is 9.01. The van der Waals surface area contributed by atoms with Gasteiger partial charge >= 0.3 is 7.60 Å². The molecular weight excluding hydrogens is 283 g/mol. The molecular formula is C14H20ClO3P. The maximum atomic E-state index is 12.5. The van der Waals surface area contributed by atoms with Gasteiger partial charge in [0.05, 0.1) is 18.9 Å². The Labute approximate surface area is 120 Å². The Hall–Kier alpha value is -0.600. The standard InChI is InChI=1S/C14H20ClO3P/c1-4-17-19(16,18-5-2)12(3)9-10-13-7-6-8-14(15)11-13/h6-12H,4-5H2,1-3H3/b10-9+. The number of benzene rings is 1. The summed E-state index contributed by atoms with van der Waals surface area (Å²) in [5, 5.41) is 0.674. The summed E-state index contributed by atoms with van der Waals surface area (Å²) >= 11 is 5.91. The van der Waals surface area contributed by atoms with Crippen molar-refractivity contribution in [2.24, 2.45) is 0 Å². The van der Waals surface area contributed by atoms with Crippen LogP contribution in [0.3, 0.4) is 0 Å². The van der Waals surface area contributed by atoms with E-state index in [4.69, 9.17) is 20.6 Å². The molecule has 0 radical (unpaired) electrons. The second-order valence-corrected chi connectivity index (χ2v) is 6.88. The number of hydrogen-bond donors (Lipinski definition) is 0. The largest absolute Gasteiger partial charge is 0.337 e. The molecule has 0 aliphatic carbocycles. The Bertz CT molecular complexity index is 464. The van der Waals surface area contributed by atoms with Gasteiger partial charge in [-0.25, -0.2) is 0 Å². The molecule has 106 valence electrons. The second kappa shape index (κ2) is 7.86. The molecule has 0 spiro atoms. The van der Waals surface area contributed by atoms with Crippen LogP contribution in [0.15, 0.2) is 30.3 Å². The van der Waals surface area contributed by atoms with Crippen molar-refractivity contribution in [1.29, 1.82) is 0 Å². The molecule has 5 heteroatoms. The highest BCUT2D eigenvalue weighted by molar-refractivity contribution is 7.54. The van der Waals surface area contributed by atoms with Gasteiger partial charge in [-0.05, 0) is 38.5 Å². The lowest BCUT2D eigenvalue weighted by Crippen LogP contribution is -2.07. The molecule has 0 aliphatic heterocycles. The average molecular weight is 303 g/mol. The molecule has 1 atom stereocenters. The Balaban J connectivity index is 2.81. The van der Waals surface area contributed by atoms with Crippen LogP contribution >= 0.6 is 19.2 Å². The quantitative estimate of drug-likeness (QED) is 0.664. The maximum absolute atomic E-state index is 12.5. The minimum Gasteiger partial charge on any atom is -0.308 e. The van der Waals surface area contributed by atoms with Crippen LogP contribution in [0.4, 0.5) is 0 Å². The molecule has 1 rings (SSSR count). The zero-order valence-electron chi connectivity index (χ0n) is 11.5. The molecule has 1 unspecified atom stereocenters. The molecule has 0 amide bonds. The summed E-state index contributed by atoms with van der Waals surface area (Å²) in [6.45, 7) is 6.17. The summed E-state index contributed by atoms with van der Waals surface area (Å²) in [5.74, 6) is 0. The zero-order valence-corrected chi connectivity index (χ0v) is 13.2. The van der Waals surface area contributed by atoms with Crippen molar-refractivity contribution in [2.45, 2.75) is 26.4 Å². The van der Waals surface area contributed by atoms with E-state index in [-0.39, 0.29) is 5.66 Å². The van der Waals surface area contributed by atoms with E-state index >= 15 is 0 Å². The minimum atomic E-state index is -3.08. The Kier molecular flexibility index (Phi) is 6.81. The van der Waals surface area contributed by atoms with E-state index in [1.807, 2.05) is 43.3 Å². The van der Waals surface area contributed by atoms with Gasteiger partial charge in [0.25, 0.3) is 0 Å². The van der Waals surface area contributed by atoms with Gasteiger partial charge in [-0.15, -0.1) is 0 Å². The molecule has 0 aliphatic rings. The Morgan fingerprint density at radius 3 is 2.47 bits per heavy atom. The Morgan fingerprint density at radius 2 is 1.95 bits per heavy atom. The predicted molar refractivity (Wildman–Crippen MR) is 80.8 cm³/mol. The van der Waals surface area contributed by atoms with Crippen LogP contribution in [0.25, 0.3) is 6.08 Å². The first-order valence-electron chi connectivity index (χ1n) is 6.34. The summed E-state index contributed by atoms with van der Waals surface area (Å²) < 4.78 is 23.1. The molecule has 1 aromatic rings. The van der Waals surface area contributed by atoms with Gasteiger partial charge in [-0.2, -0.15) is 0 Å². The lowest BCUT2D eigenvalue weighted by molar-refractivity contribution is 0.217. The number of halogens is 1. The summed E-state index contributed by atoms with van der Waals surface area (Å²) in [6.07, 6.45) is 3.71. The summed E-state index contributed by atoms with van der Waals surface area (Å²) in [7, 11) is -3.08. The van der Waals surface area contributed by atoms with E-state index in [0.29, 0.717) is 18.2 Å². The predicted octanol–water partition coefficient (Wildman–Crippen LogP) is 5.01. The third kappa shape index (κ3) is 5.12. The van der Waals surface area contributed by atoms with E-state index < -0.39 is 7.60 Å². The van der Waals surface area contributed by atoms with E-state index in [1.165, 1.54) is 0 Å². The highest BCUT2D eigenvalue weighted by atomic mass is 35.5. The van der Waals surface area contributed by atoms with Crippen LogP contribution < -0.4 is 0 Å². The highest BCUT2D eigenvalue weighted by Crippen LogP contribution is 2.53. The fraction of sp³-hybridized carbons (Fsp3) is 0.429. The van der Waals surface area contributed by atoms with Crippen LogP contribution in [-0.4, -0.2) is 18.9 Å². The fourth-order valence-electron chi connectivity index (χ4n) is 1.60. The first-order valence-corrected chi connectivity index (χ1v) is 8.33. The van der Waals surface area contributed by atoms with Crippen molar-refractivity contribution in [3.05, 3.63) is 40.9 Å². The average Bonchev–Trinajstić information content (AvgIpc) is 2.36. The number of rotatable bonds is 7. The van der Waals surface area contributed by atoms with Crippen molar-refractivity contribution in [1.82, 2.24) is 0 Å². The summed E-state index contributed by atoms with van der Waals surface area (Å²) in [4.78, 5) is 0. The molecule has 0 N–H and O–H groups in total. The smallest absolute Gasteiger partial charge is 0.308 e.